The molecule has 0 unspecified atom stereocenters. The zero-order valence-corrected chi connectivity index (χ0v) is 20.1. The summed E-state index contributed by atoms with van der Waals surface area (Å²) in [4.78, 5) is 12.7. The summed E-state index contributed by atoms with van der Waals surface area (Å²) in [5, 5.41) is 6.01. The molecular weight excluding hydrogens is 420 g/mol. The number of ether oxygens (including phenoxy) is 2. The van der Waals surface area contributed by atoms with Crippen molar-refractivity contribution in [3.63, 3.8) is 0 Å². The second kappa shape index (κ2) is 15.2. The smallest absolute Gasteiger partial charge is 0.261 e. The summed E-state index contributed by atoms with van der Waals surface area (Å²) in [5.74, 6) is 1.11. The van der Waals surface area contributed by atoms with Crippen molar-refractivity contribution in [2.24, 2.45) is 0 Å². The average molecular weight is 457 g/mol. The molecule has 2 rings (SSSR count). The number of unbranched alkanes of at least 4 members (excludes halogenated alkanes) is 6. The highest BCUT2D eigenvalue weighted by Gasteiger charge is 2.13. The number of anilines is 1. The Morgan fingerprint density at radius 2 is 1.44 bits per heavy atom. The molecule has 6 heteroatoms. The highest BCUT2D eigenvalue weighted by atomic mass is 32.1. The highest BCUT2D eigenvalue weighted by molar-refractivity contribution is 7.80. The molecule has 0 saturated carbocycles. The summed E-state index contributed by atoms with van der Waals surface area (Å²) >= 11 is 5.32. The zero-order chi connectivity index (χ0) is 23.0. The lowest BCUT2D eigenvalue weighted by molar-refractivity contribution is 0.0973. The Balaban J connectivity index is 1.81. The van der Waals surface area contributed by atoms with Crippen LogP contribution in [-0.2, 0) is 0 Å². The first kappa shape index (κ1) is 25.7. The molecule has 2 aromatic rings. The molecule has 1 amide bonds. The van der Waals surface area contributed by atoms with E-state index in [1.54, 1.807) is 6.07 Å². The molecule has 0 radical (unpaired) electrons. The fraction of sp³-hybridized carbons (Fsp3) is 0.462. The number of carbonyl (C=O) groups is 1. The Bertz CT molecular complexity index is 824. The minimum absolute atomic E-state index is 0.237. The third-order valence-corrected chi connectivity index (χ3v) is 5.20. The molecule has 2 aromatic carbocycles. The first-order valence-corrected chi connectivity index (χ1v) is 12.1. The molecule has 174 valence electrons. The maximum Gasteiger partial charge on any atom is 0.261 e. The van der Waals surface area contributed by atoms with E-state index in [1.807, 2.05) is 42.5 Å². The molecule has 2 N–H and O–H groups in total. The van der Waals surface area contributed by atoms with Gasteiger partial charge in [0.05, 0.1) is 18.8 Å². The molecule has 0 aliphatic heterocycles. The van der Waals surface area contributed by atoms with Gasteiger partial charge in [0, 0.05) is 5.69 Å². The van der Waals surface area contributed by atoms with Gasteiger partial charge in [0.1, 0.15) is 11.5 Å². The van der Waals surface area contributed by atoms with E-state index >= 15 is 0 Å². The fourth-order valence-corrected chi connectivity index (χ4v) is 3.39. The molecule has 0 fully saturated rings. The van der Waals surface area contributed by atoms with E-state index in [0.29, 0.717) is 17.9 Å². The predicted molar refractivity (Wildman–Crippen MR) is 136 cm³/mol. The SMILES string of the molecule is CCCCCCOc1ccc(NC(=S)NC(=O)c2ccccc2OCCCCCC)cc1. The molecule has 0 heterocycles. The van der Waals surface area contributed by atoms with Crippen molar-refractivity contribution in [3.8, 4) is 11.5 Å². The van der Waals surface area contributed by atoms with Crippen LogP contribution in [0.3, 0.4) is 0 Å². The van der Waals surface area contributed by atoms with E-state index in [4.69, 9.17) is 21.7 Å². The molecule has 0 aromatic heterocycles. The Morgan fingerprint density at radius 1 is 0.812 bits per heavy atom. The molecule has 0 saturated heterocycles. The van der Waals surface area contributed by atoms with Crippen LogP contribution in [0.1, 0.15) is 75.6 Å². The number of carbonyl (C=O) groups excluding carboxylic acids is 1. The van der Waals surface area contributed by atoms with Gasteiger partial charge in [0.2, 0.25) is 0 Å². The second-order valence-electron chi connectivity index (χ2n) is 7.75. The molecule has 5 nitrogen and oxygen atoms in total. The maximum atomic E-state index is 12.7. The van der Waals surface area contributed by atoms with Crippen molar-refractivity contribution in [2.75, 3.05) is 18.5 Å². The molecule has 0 spiro atoms. The summed E-state index contributed by atoms with van der Waals surface area (Å²) in [5.41, 5.74) is 1.26. The quantitative estimate of drug-likeness (QED) is 0.244. The van der Waals surface area contributed by atoms with Gasteiger partial charge in [-0.3, -0.25) is 10.1 Å². The van der Waals surface area contributed by atoms with Crippen molar-refractivity contribution in [2.45, 2.75) is 65.2 Å². The van der Waals surface area contributed by atoms with Crippen LogP contribution in [0.25, 0.3) is 0 Å². The second-order valence-corrected chi connectivity index (χ2v) is 8.16. The van der Waals surface area contributed by atoms with Gasteiger partial charge in [0.25, 0.3) is 5.91 Å². The topological polar surface area (TPSA) is 59.6 Å². The standard InChI is InChI=1S/C26H36N2O3S/c1-3-5-7-11-19-30-22-17-15-21(16-18-22)27-26(32)28-25(29)23-13-9-10-14-24(23)31-20-12-8-6-4-2/h9-10,13-18H,3-8,11-12,19-20H2,1-2H3,(H2,27,28,29,32). The van der Waals surface area contributed by atoms with Crippen LogP contribution in [0.15, 0.2) is 48.5 Å². The van der Waals surface area contributed by atoms with Crippen LogP contribution in [0.4, 0.5) is 5.69 Å². The van der Waals surface area contributed by atoms with Crippen molar-refractivity contribution < 1.29 is 14.3 Å². The van der Waals surface area contributed by atoms with Crippen molar-refractivity contribution in [3.05, 3.63) is 54.1 Å². The van der Waals surface area contributed by atoms with E-state index in [1.165, 1.54) is 32.1 Å². The van der Waals surface area contributed by atoms with E-state index in [2.05, 4.69) is 24.5 Å². The predicted octanol–water partition coefficient (Wildman–Crippen LogP) is 6.73. The first-order valence-electron chi connectivity index (χ1n) is 11.7. The number of hydrogen-bond acceptors (Lipinski definition) is 4. The van der Waals surface area contributed by atoms with Gasteiger partial charge >= 0.3 is 0 Å². The van der Waals surface area contributed by atoms with Crippen molar-refractivity contribution >= 4 is 28.9 Å². The Morgan fingerprint density at radius 3 is 2.09 bits per heavy atom. The Labute approximate surface area is 197 Å². The molecule has 0 aliphatic rings. The minimum atomic E-state index is -0.293. The maximum absolute atomic E-state index is 12.7. The number of amides is 1. The van der Waals surface area contributed by atoms with Gasteiger partial charge < -0.3 is 14.8 Å². The van der Waals surface area contributed by atoms with Gasteiger partial charge in [-0.1, -0.05) is 64.5 Å². The van der Waals surface area contributed by atoms with Gasteiger partial charge in [-0.15, -0.1) is 0 Å². The normalized spacial score (nSPS) is 10.4. The summed E-state index contributed by atoms with van der Waals surface area (Å²) in [6.07, 6.45) is 9.18. The number of thiocarbonyl (C=S) groups is 1. The molecule has 0 atom stereocenters. The van der Waals surface area contributed by atoms with Crippen LogP contribution < -0.4 is 20.1 Å². The molecular formula is C26H36N2O3S. The molecule has 0 bridgehead atoms. The van der Waals surface area contributed by atoms with Gasteiger partial charge in [0.15, 0.2) is 5.11 Å². The van der Waals surface area contributed by atoms with E-state index < -0.39 is 0 Å². The van der Waals surface area contributed by atoms with E-state index in [0.717, 1.165) is 37.3 Å². The number of benzene rings is 2. The Kier molecular flexibility index (Phi) is 12.2. The number of rotatable bonds is 14. The van der Waals surface area contributed by atoms with Crippen LogP contribution in [0.5, 0.6) is 11.5 Å². The van der Waals surface area contributed by atoms with E-state index in [-0.39, 0.29) is 11.0 Å². The third-order valence-electron chi connectivity index (χ3n) is 4.99. The average Bonchev–Trinajstić information content (AvgIpc) is 2.80. The van der Waals surface area contributed by atoms with Crippen LogP contribution in [0, 0.1) is 0 Å². The summed E-state index contributed by atoms with van der Waals surface area (Å²) in [7, 11) is 0. The Hall–Kier alpha value is -2.60. The lowest BCUT2D eigenvalue weighted by Gasteiger charge is -2.13. The summed E-state index contributed by atoms with van der Waals surface area (Å²) in [6.45, 7) is 5.69. The van der Waals surface area contributed by atoms with Gasteiger partial charge in [-0.05, 0) is 61.5 Å². The number of hydrogen-bond donors (Lipinski definition) is 2. The molecule has 0 aliphatic carbocycles. The monoisotopic (exact) mass is 456 g/mol. The van der Waals surface area contributed by atoms with Gasteiger partial charge in [-0.25, -0.2) is 0 Å². The fourth-order valence-electron chi connectivity index (χ4n) is 3.18. The summed E-state index contributed by atoms with van der Waals surface area (Å²) < 4.78 is 11.6. The lowest BCUT2D eigenvalue weighted by atomic mass is 10.2. The highest BCUT2D eigenvalue weighted by Crippen LogP contribution is 2.19. The first-order chi connectivity index (χ1) is 15.6. The van der Waals surface area contributed by atoms with Crippen LogP contribution in [0.2, 0.25) is 0 Å². The third kappa shape index (κ3) is 9.69. The number of para-hydroxylation sites is 1. The van der Waals surface area contributed by atoms with Gasteiger partial charge in [-0.2, -0.15) is 0 Å². The summed E-state index contributed by atoms with van der Waals surface area (Å²) in [6, 6.07) is 14.8. The lowest BCUT2D eigenvalue weighted by Crippen LogP contribution is -2.34. The van der Waals surface area contributed by atoms with E-state index in [9.17, 15) is 4.79 Å². The minimum Gasteiger partial charge on any atom is -0.494 e. The van der Waals surface area contributed by atoms with Crippen LogP contribution >= 0.6 is 12.2 Å². The largest absolute Gasteiger partial charge is 0.494 e. The molecule has 32 heavy (non-hydrogen) atoms. The van der Waals surface area contributed by atoms with Crippen molar-refractivity contribution in [1.29, 1.82) is 0 Å². The zero-order valence-electron chi connectivity index (χ0n) is 19.3. The van der Waals surface area contributed by atoms with Crippen molar-refractivity contribution in [1.82, 2.24) is 5.32 Å². The number of nitrogens with one attached hydrogen (secondary N) is 2. The van der Waals surface area contributed by atoms with Crippen LogP contribution in [-0.4, -0.2) is 24.2 Å².